The minimum Gasteiger partial charge on any atom is -0.224 e. The minimum absolute atomic E-state index is 0.0236. The van der Waals surface area contributed by atoms with Gasteiger partial charge in [0.15, 0.2) is 9.84 Å². The van der Waals surface area contributed by atoms with E-state index in [0.717, 1.165) is 0 Å². The van der Waals surface area contributed by atoms with E-state index in [9.17, 15) is 8.42 Å². The van der Waals surface area contributed by atoms with Gasteiger partial charge in [0, 0.05) is 10.9 Å². The van der Waals surface area contributed by atoms with E-state index in [4.69, 9.17) is 28.5 Å². The molecule has 0 amide bonds. The van der Waals surface area contributed by atoms with Gasteiger partial charge in [-0.3, -0.25) is 0 Å². The van der Waals surface area contributed by atoms with Crippen molar-refractivity contribution in [3.8, 4) is 6.07 Å². The van der Waals surface area contributed by atoms with Crippen LogP contribution in [0, 0.1) is 17.2 Å². The van der Waals surface area contributed by atoms with Gasteiger partial charge in [0.05, 0.1) is 16.2 Å². The van der Waals surface area contributed by atoms with Crippen molar-refractivity contribution in [1.82, 2.24) is 0 Å². The molecule has 1 aromatic rings. The standard InChI is InChI=1S/C11H11Cl2NO2S/c1-8(5-12)7-17(15,16)11-4-10(13)3-2-9(11)6-14/h2-4,8H,5,7H2,1H3. The van der Waals surface area contributed by atoms with Crippen molar-refractivity contribution < 1.29 is 8.42 Å². The smallest absolute Gasteiger partial charge is 0.180 e. The molecule has 6 heteroatoms. The Morgan fingerprint density at radius 2 is 2.12 bits per heavy atom. The monoisotopic (exact) mass is 291 g/mol. The molecule has 0 radical (unpaired) electrons. The second kappa shape index (κ2) is 5.72. The SMILES string of the molecule is CC(CCl)CS(=O)(=O)c1cc(Cl)ccc1C#N. The molecule has 0 aliphatic rings. The summed E-state index contributed by atoms with van der Waals surface area (Å²) in [6.07, 6.45) is 0. The van der Waals surface area contributed by atoms with Gasteiger partial charge in [0.25, 0.3) is 0 Å². The maximum Gasteiger partial charge on any atom is 0.180 e. The molecule has 92 valence electrons. The number of nitrogens with zero attached hydrogens (tertiary/aromatic N) is 1. The molecule has 1 aromatic carbocycles. The average molecular weight is 292 g/mol. The van der Waals surface area contributed by atoms with Gasteiger partial charge in [-0.2, -0.15) is 5.26 Å². The van der Waals surface area contributed by atoms with Gasteiger partial charge in [0.1, 0.15) is 6.07 Å². The average Bonchev–Trinajstić information content (AvgIpc) is 2.28. The summed E-state index contributed by atoms with van der Waals surface area (Å²) in [5.74, 6) is -0.0140. The number of alkyl halides is 1. The Bertz CT molecular complexity index is 549. The van der Waals surface area contributed by atoms with Crippen molar-refractivity contribution in [2.24, 2.45) is 5.92 Å². The lowest BCUT2D eigenvalue weighted by atomic mass is 10.2. The Balaban J connectivity index is 3.24. The summed E-state index contributed by atoms with van der Waals surface area (Å²) in [6, 6.07) is 6.04. The molecule has 0 aliphatic heterocycles. The largest absolute Gasteiger partial charge is 0.224 e. The molecule has 1 rings (SSSR count). The first-order chi connectivity index (χ1) is 7.90. The van der Waals surface area contributed by atoms with Crippen LogP contribution in [0.4, 0.5) is 0 Å². The van der Waals surface area contributed by atoms with Gasteiger partial charge >= 0.3 is 0 Å². The highest BCUT2D eigenvalue weighted by atomic mass is 35.5. The Hall–Kier alpha value is -0.760. The Kier molecular flexibility index (Phi) is 4.81. The molecular formula is C11H11Cl2NO2S. The Morgan fingerprint density at radius 1 is 1.47 bits per heavy atom. The number of benzene rings is 1. The lowest BCUT2D eigenvalue weighted by Gasteiger charge is -2.10. The van der Waals surface area contributed by atoms with Crippen LogP contribution in [0.25, 0.3) is 0 Å². The van der Waals surface area contributed by atoms with E-state index >= 15 is 0 Å². The third-order valence-electron chi connectivity index (χ3n) is 2.17. The van der Waals surface area contributed by atoms with Crippen LogP contribution in [-0.2, 0) is 9.84 Å². The highest BCUT2D eigenvalue weighted by Crippen LogP contribution is 2.23. The molecule has 0 heterocycles. The van der Waals surface area contributed by atoms with Crippen LogP contribution in [0.5, 0.6) is 0 Å². The van der Waals surface area contributed by atoms with Crippen molar-refractivity contribution in [3.05, 3.63) is 28.8 Å². The molecule has 0 aromatic heterocycles. The number of nitriles is 1. The zero-order chi connectivity index (χ0) is 13.1. The summed E-state index contributed by atoms with van der Waals surface area (Å²) in [5.41, 5.74) is 0.108. The molecule has 0 saturated heterocycles. The van der Waals surface area contributed by atoms with Gasteiger partial charge in [-0.05, 0) is 24.1 Å². The Labute approximate surface area is 111 Å². The first-order valence-corrected chi connectivity index (χ1v) is 7.45. The summed E-state index contributed by atoms with van der Waals surface area (Å²) in [6.45, 7) is 1.74. The summed E-state index contributed by atoms with van der Waals surface area (Å²) >= 11 is 11.3. The van der Waals surface area contributed by atoms with Crippen LogP contribution in [0.15, 0.2) is 23.1 Å². The fourth-order valence-electron chi connectivity index (χ4n) is 1.35. The fourth-order valence-corrected chi connectivity index (χ4v) is 3.63. The molecule has 17 heavy (non-hydrogen) atoms. The van der Waals surface area contributed by atoms with Crippen LogP contribution in [0.3, 0.4) is 0 Å². The zero-order valence-corrected chi connectivity index (χ0v) is 11.5. The highest BCUT2D eigenvalue weighted by Gasteiger charge is 2.21. The second-order valence-corrected chi connectivity index (χ2v) is 6.54. The van der Waals surface area contributed by atoms with E-state index in [1.54, 1.807) is 6.92 Å². The van der Waals surface area contributed by atoms with Gasteiger partial charge in [-0.25, -0.2) is 8.42 Å². The van der Waals surface area contributed by atoms with Crippen molar-refractivity contribution in [1.29, 1.82) is 5.26 Å². The normalized spacial score (nSPS) is 13.1. The van der Waals surface area contributed by atoms with Crippen LogP contribution >= 0.6 is 23.2 Å². The van der Waals surface area contributed by atoms with E-state index in [-0.39, 0.29) is 28.0 Å². The maximum atomic E-state index is 12.1. The first kappa shape index (κ1) is 14.3. The molecule has 0 saturated carbocycles. The van der Waals surface area contributed by atoms with Crippen molar-refractivity contribution in [2.45, 2.75) is 11.8 Å². The number of hydrogen-bond donors (Lipinski definition) is 0. The molecule has 0 fully saturated rings. The molecule has 0 spiro atoms. The summed E-state index contributed by atoms with van der Waals surface area (Å²) in [4.78, 5) is -0.0236. The third-order valence-corrected chi connectivity index (χ3v) is 4.94. The maximum absolute atomic E-state index is 12.1. The van der Waals surface area contributed by atoms with Crippen LogP contribution in [-0.4, -0.2) is 20.1 Å². The van der Waals surface area contributed by atoms with E-state index in [1.165, 1.54) is 18.2 Å². The molecule has 0 aliphatic carbocycles. The number of hydrogen-bond acceptors (Lipinski definition) is 3. The summed E-state index contributed by atoms with van der Waals surface area (Å²) in [7, 11) is -3.53. The van der Waals surface area contributed by atoms with Crippen molar-refractivity contribution in [3.63, 3.8) is 0 Å². The zero-order valence-electron chi connectivity index (χ0n) is 9.15. The quantitative estimate of drug-likeness (QED) is 0.802. The van der Waals surface area contributed by atoms with Crippen LogP contribution in [0.1, 0.15) is 12.5 Å². The fraction of sp³-hybridized carbons (Fsp3) is 0.364. The van der Waals surface area contributed by atoms with Crippen molar-refractivity contribution >= 4 is 33.0 Å². The van der Waals surface area contributed by atoms with E-state index in [0.29, 0.717) is 5.02 Å². The predicted molar refractivity (Wildman–Crippen MR) is 68.1 cm³/mol. The summed E-state index contributed by atoms with van der Waals surface area (Å²) in [5, 5.41) is 9.17. The molecule has 1 unspecified atom stereocenters. The van der Waals surface area contributed by atoms with Gasteiger partial charge in [-0.1, -0.05) is 18.5 Å². The number of halogens is 2. The third kappa shape index (κ3) is 3.60. The van der Waals surface area contributed by atoms with E-state index in [1.807, 2.05) is 6.07 Å². The molecule has 1 atom stereocenters. The van der Waals surface area contributed by atoms with Gasteiger partial charge in [0.2, 0.25) is 0 Å². The molecule has 3 nitrogen and oxygen atoms in total. The molecular weight excluding hydrogens is 281 g/mol. The number of rotatable bonds is 4. The highest BCUT2D eigenvalue weighted by molar-refractivity contribution is 7.91. The Morgan fingerprint density at radius 3 is 2.65 bits per heavy atom. The second-order valence-electron chi connectivity index (χ2n) is 3.79. The van der Waals surface area contributed by atoms with Crippen LogP contribution < -0.4 is 0 Å². The van der Waals surface area contributed by atoms with Crippen molar-refractivity contribution in [2.75, 3.05) is 11.6 Å². The predicted octanol–water partition coefficient (Wildman–Crippen LogP) is 2.86. The lowest BCUT2D eigenvalue weighted by molar-refractivity contribution is 0.583. The van der Waals surface area contributed by atoms with Gasteiger partial charge < -0.3 is 0 Å². The van der Waals surface area contributed by atoms with Crippen LogP contribution in [0.2, 0.25) is 5.02 Å². The number of sulfone groups is 1. The van der Waals surface area contributed by atoms with E-state index < -0.39 is 9.84 Å². The molecule has 0 bridgehead atoms. The molecule has 0 N–H and O–H groups in total. The minimum atomic E-state index is -3.53. The first-order valence-electron chi connectivity index (χ1n) is 4.89. The lowest BCUT2D eigenvalue weighted by Crippen LogP contribution is -2.16. The van der Waals surface area contributed by atoms with Gasteiger partial charge in [-0.15, -0.1) is 11.6 Å². The van der Waals surface area contributed by atoms with E-state index in [2.05, 4.69) is 0 Å². The topological polar surface area (TPSA) is 57.9 Å². The summed E-state index contributed by atoms with van der Waals surface area (Å²) < 4.78 is 24.1.